The van der Waals surface area contributed by atoms with E-state index in [4.69, 9.17) is 4.42 Å². The molecule has 2 aliphatic rings. The number of pyridine rings is 1. The summed E-state index contributed by atoms with van der Waals surface area (Å²) in [4.78, 5) is 41.1. The van der Waals surface area contributed by atoms with E-state index in [0.29, 0.717) is 18.8 Å². The maximum atomic E-state index is 13.2. The molecular formula is C23H29N3O4. The molecule has 7 nitrogen and oxygen atoms in total. The molecule has 0 aromatic carbocycles. The van der Waals surface area contributed by atoms with E-state index >= 15 is 0 Å². The van der Waals surface area contributed by atoms with Crippen LogP contribution in [-0.4, -0.2) is 34.4 Å². The van der Waals surface area contributed by atoms with Crippen molar-refractivity contribution in [3.8, 4) is 0 Å². The maximum Gasteiger partial charge on any atom is 0.259 e. The molecule has 7 heteroatoms. The third-order valence-electron chi connectivity index (χ3n) is 6.23. The number of furan rings is 1. The van der Waals surface area contributed by atoms with Gasteiger partial charge in [0.05, 0.1) is 12.3 Å². The molecule has 2 aromatic heterocycles. The fourth-order valence-corrected chi connectivity index (χ4v) is 4.48. The number of nitrogens with one attached hydrogen (secondary N) is 1. The van der Waals surface area contributed by atoms with Gasteiger partial charge in [0.15, 0.2) is 0 Å². The number of likely N-dealkylation sites (tertiary alicyclic amines) is 1. The van der Waals surface area contributed by atoms with Crippen LogP contribution in [0.1, 0.15) is 90.4 Å². The average Bonchev–Trinajstić information content (AvgIpc) is 3.48. The van der Waals surface area contributed by atoms with E-state index < -0.39 is 11.3 Å². The number of nitrogens with zero attached hydrogens (tertiary/aromatic N) is 2. The average molecular weight is 412 g/mol. The van der Waals surface area contributed by atoms with Crippen molar-refractivity contribution in [3.63, 3.8) is 0 Å². The van der Waals surface area contributed by atoms with Crippen molar-refractivity contribution in [1.82, 2.24) is 14.8 Å². The molecule has 3 heterocycles. The van der Waals surface area contributed by atoms with Crippen LogP contribution in [-0.2, 0) is 0 Å². The monoisotopic (exact) mass is 411 g/mol. The fourth-order valence-electron chi connectivity index (χ4n) is 4.48. The third kappa shape index (κ3) is 4.20. The van der Waals surface area contributed by atoms with E-state index in [9.17, 15) is 14.4 Å². The van der Waals surface area contributed by atoms with Gasteiger partial charge >= 0.3 is 0 Å². The predicted molar refractivity (Wildman–Crippen MR) is 113 cm³/mol. The molecule has 1 aliphatic heterocycles. The molecule has 1 N–H and O–H groups in total. The largest absolute Gasteiger partial charge is 0.467 e. The minimum Gasteiger partial charge on any atom is -0.467 e. The first-order chi connectivity index (χ1) is 14.5. The molecule has 0 spiro atoms. The van der Waals surface area contributed by atoms with Crippen molar-refractivity contribution >= 4 is 11.8 Å². The quantitative estimate of drug-likeness (QED) is 0.813. The Balaban J connectivity index is 1.67. The molecule has 1 saturated heterocycles. The van der Waals surface area contributed by atoms with Gasteiger partial charge in [0.1, 0.15) is 16.9 Å². The zero-order valence-corrected chi connectivity index (χ0v) is 17.4. The Morgan fingerprint density at radius 3 is 2.43 bits per heavy atom. The second kappa shape index (κ2) is 8.90. The van der Waals surface area contributed by atoms with E-state index in [2.05, 4.69) is 5.32 Å². The molecule has 1 saturated carbocycles. The fraction of sp³-hybridized carbons (Fsp3) is 0.522. The molecule has 4 rings (SSSR count). The SMILES string of the molecule is C[C@@H](NC(=O)c1cn(C2CCCC2)cc(C(=O)N2CCCCC2)c1=O)c1ccco1. The zero-order valence-electron chi connectivity index (χ0n) is 17.4. The van der Waals surface area contributed by atoms with E-state index in [1.165, 1.54) is 0 Å². The van der Waals surface area contributed by atoms with Crippen molar-refractivity contribution in [2.75, 3.05) is 13.1 Å². The standard InChI is InChI=1S/C23H29N3O4/c1-16(20-10-7-13-30-20)24-22(28)18-14-26(17-8-3-4-9-17)15-19(21(18)27)23(29)25-11-5-2-6-12-25/h7,10,13-17H,2-6,8-9,11-12H2,1H3,(H,24,28)/t16-/m1/s1. The minimum absolute atomic E-state index is 0.0168. The van der Waals surface area contributed by atoms with E-state index in [1.807, 2.05) is 4.57 Å². The molecular weight excluding hydrogens is 382 g/mol. The van der Waals surface area contributed by atoms with Crippen molar-refractivity contribution in [1.29, 1.82) is 0 Å². The second-order valence-electron chi connectivity index (χ2n) is 8.36. The molecule has 2 aromatic rings. The molecule has 0 radical (unpaired) electrons. The number of aromatic nitrogens is 1. The van der Waals surface area contributed by atoms with Crippen LogP contribution < -0.4 is 10.7 Å². The summed E-state index contributed by atoms with van der Waals surface area (Å²) in [5.74, 6) is -0.135. The first kappa shape index (κ1) is 20.4. The van der Waals surface area contributed by atoms with Gasteiger partial charge in [0.25, 0.3) is 11.8 Å². The third-order valence-corrected chi connectivity index (χ3v) is 6.23. The molecule has 1 aliphatic carbocycles. The number of carbonyl (C=O) groups excluding carboxylic acids is 2. The van der Waals surface area contributed by atoms with Gasteiger partial charge in [-0.1, -0.05) is 12.8 Å². The Bertz CT molecular complexity index is 951. The van der Waals surface area contributed by atoms with Gasteiger partial charge < -0.3 is 19.2 Å². The highest BCUT2D eigenvalue weighted by molar-refractivity contribution is 5.99. The van der Waals surface area contributed by atoms with Gasteiger partial charge in [-0.15, -0.1) is 0 Å². The highest BCUT2D eigenvalue weighted by Gasteiger charge is 2.27. The van der Waals surface area contributed by atoms with Crippen LogP contribution >= 0.6 is 0 Å². The van der Waals surface area contributed by atoms with Crippen molar-refractivity contribution in [2.45, 2.75) is 64.0 Å². The first-order valence-electron chi connectivity index (χ1n) is 10.9. The van der Waals surface area contributed by atoms with Gasteiger partial charge in [0.2, 0.25) is 5.43 Å². The summed E-state index contributed by atoms with van der Waals surface area (Å²) in [5.41, 5.74) is -0.380. The Morgan fingerprint density at radius 2 is 1.77 bits per heavy atom. The second-order valence-corrected chi connectivity index (χ2v) is 8.36. The molecule has 1 atom stereocenters. The normalized spacial score (nSPS) is 18.4. The van der Waals surface area contributed by atoms with Crippen LogP contribution in [0.4, 0.5) is 0 Å². The Hall–Kier alpha value is -2.83. The predicted octanol–water partition coefficient (Wildman–Crippen LogP) is 3.67. The summed E-state index contributed by atoms with van der Waals surface area (Å²) in [6, 6.07) is 3.36. The lowest BCUT2D eigenvalue weighted by Gasteiger charge is -2.27. The van der Waals surface area contributed by atoms with Crippen LogP contribution in [0.5, 0.6) is 0 Å². The minimum atomic E-state index is -0.496. The van der Waals surface area contributed by atoms with Crippen LogP contribution in [0.25, 0.3) is 0 Å². The highest BCUT2D eigenvalue weighted by Crippen LogP contribution is 2.29. The topological polar surface area (TPSA) is 84.5 Å². The number of hydrogen-bond acceptors (Lipinski definition) is 4. The Kier molecular flexibility index (Phi) is 6.06. The molecule has 0 unspecified atom stereocenters. The van der Waals surface area contributed by atoms with Gasteiger partial charge in [-0.05, 0) is 51.2 Å². The highest BCUT2D eigenvalue weighted by atomic mass is 16.3. The van der Waals surface area contributed by atoms with Crippen molar-refractivity contribution in [2.24, 2.45) is 0 Å². The van der Waals surface area contributed by atoms with E-state index in [-0.39, 0.29) is 29.1 Å². The molecule has 2 fully saturated rings. The lowest BCUT2D eigenvalue weighted by molar-refractivity contribution is 0.0722. The number of piperidine rings is 1. The summed E-state index contributed by atoms with van der Waals surface area (Å²) in [5, 5.41) is 2.83. The van der Waals surface area contributed by atoms with E-state index in [0.717, 1.165) is 44.9 Å². The van der Waals surface area contributed by atoms with Gasteiger partial charge in [-0.3, -0.25) is 14.4 Å². The van der Waals surface area contributed by atoms with Crippen LogP contribution in [0.3, 0.4) is 0 Å². The molecule has 30 heavy (non-hydrogen) atoms. The van der Waals surface area contributed by atoms with Crippen molar-refractivity contribution in [3.05, 3.63) is 57.9 Å². The van der Waals surface area contributed by atoms with E-state index in [1.54, 1.807) is 42.6 Å². The smallest absolute Gasteiger partial charge is 0.259 e. The van der Waals surface area contributed by atoms with Crippen LogP contribution in [0.15, 0.2) is 40.0 Å². The van der Waals surface area contributed by atoms with Crippen LogP contribution in [0.2, 0.25) is 0 Å². The summed E-state index contributed by atoms with van der Waals surface area (Å²) in [7, 11) is 0. The Labute approximate surface area is 176 Å². The lowest BCUT2D eigenvalue weighted by Crippen LogP contribution is -2.40. The van der Waals surface area contributed by atoms with Gasteiger partial charge in [-0.25, -0.2) is 0 Å². The number of amides is 2. The number of rotatable bonds is 5. The Morgan fingerprint density at radius 1 is 1.07 bits per heavy atom. The number of carbonyl (C=O) groups is 2. The lowest BCUT2D eigenvalue weighted by atomic mass is 10.1. The molecule has 160 valence electrons. The summed E-state index contributed by atoms with van der Waals surface area (Å²) < 4.78 is 7.26. The summed E-state index contributed by atoms with van der Waals surface area (Å²) in [6.07, 6.45) is 12.0. The van der Waals surface area contributed by atoms with Crippen molar-refractivity contribution < 1.29 is 14.0 Å². The first-order valence-corrected chi connectivity index (χ1v) is 10.9. The maximum absolute atomic E-state index is 13.2. The summed E-state index contributed by atoms with van der Waals surface area (Å²) >= 11 is 0. The zero-order chi connectivity index (χ0) is 21.1. The molecule has 0 bridgehead atoms. The van der Waals surface area contributed by atoms with Gasteiger partial charge in [0, 0.05) is 31.5 Å². The van der Waals surface area contributed by atoms with Gasteiger partial charge in [-0.2, -0.15) is 0 Å². The van der Waals surface area contributed by atoms with Crippen LogP contribution in [0, 0.1) is 0 Å². The summed E-state index contributed by atoms with van der Waals surface area (Å²) in [6.45, 7) is 3.12. The number of hydrogen-bond donors (Lipinski definition) is 1. The molecule has 2 amide bonds.